The van der Waals surface area contributed by atoms with Crippen molar-refractivity contribution in [3.63, 3.8) is 0 Å². The van der Waals surface area contributed by atoms with E-state index < -0.39 is 0 Å². The van der Waals surface area contributed by atoms with Crippen LogP contribution in [0.5, 0.6) is 0 Å². The largest absolute Gasteiger partial charge is 0.299 e. The lowest BCUT2D eigenvalue weighted by molar-refractivity contribution is 0.0409. The summed E-state index contributed by atoms with van der Waals surface area (Å²) in [6, 6.07) is 12.5. The van der Waals surface area contributed by atoms with Crippen LogP contribution < -0.4 is 0 Å². The molecule has 0 spiro atoms. The lowest BCUT2D eigenvalue weighted by atomic mass is 10.0. The van der Waals surface area contributed by atoms with Gasteiger partial charge in [0.15, 0.2) is 0 Å². The molecule has 0 N–H and O–H groups in total. The molecule has 3 saturated heterocycles. The third-order valence-electron chi connectivity index (χ3n) is 6.97. The summed E-state index contributed by atoms with van der Waals surface area (Å²) in [5.74, 6) is 0. The fraction of sp³-hybridized carbons (Fsp3) is 0.727. The lowest BCUT2D eigenvalue weighted by Crippen LogP contribution is -2.49. The Bertz CT molecular complexity index is 555. The highest BCUT2D eigenvalue weighted by atomic mass is 15.5. The maximum Gasteiger partial charge on any atom is 0.0607 e. The lowest BCUT2D eigenvalue weighted by Gasteiger charge is -2.38. The van der Waals surface area contributed by atoms with Gasteiger partial charge in [0, 0.05) is 31.7 Å². The topological polar surface area (TPSA) is 13.0 Å². The van der Waals surface area contributed by atoms with Crippen molar-refractivity contribution in [1.29, 1.82) is 0 Å². The molecule has 0 aliphatic carbocycles. The molecule has 4 rings (SSSR count). The van der Waals surface area contributed by atoms with Crippen LogP contribution in [0.15, 0.2) is 30.3 Å². The van der Waals surface area contributed by atoms with E-state index in [9.17, 15) is 0 Å². The number of hydrogen-bond donors (Lipinski definition) is 0. The first-order valence-electron chi connectivity index (χ1n) is 10.7. The van der Waals surface area contributed by atoms with Crippen molar-refractivity contribution in [3.05, 3.63) is 35.9 Å². The fourth-order valence-corrected chi connectivity index (χ4v) is 5.24. The number of likely N-dealkylation sites (tertiary alicyclic amines) is 2. The zero-order valence-electron chi connectivity index (χ0n) is 16.7. The molecule has 4 heteroatoms. The number of rotatable bonds is 5. The molecule has 3 aliphatic rings. The second kappa shape index (κ2) is 8.39. The van der Waals surface area contributed by atoms with Gasteiger partial charge in [-0.3, -0.25) is 19.6 Å². The predicted octanol–water partition coefficient (Wildman–Crippen LogP) is 3.06. The first-order valence-corrected chi connectivity index (χ1v) is 10.7. The van der Waals surface area contributed by atoms with E-state index in [0.29, 0.717) is 6.17 Å². The van der Waals surface area contributed by atoms with Crippen LogP contribution in [-0.4, -0.2) is 77.2 Å². The van der Waals surface area contributed by atoms with E-state index in [1.54, 1.807) is 0 Å². The summed E-state index contributed by atoms with van der Waals surface area (Å²) in [7, 11) is 0. The van der Waals surface area contributed by atoms with Gasteiger partial charge in [0.1, 0.15) is 0 Å². The number of hydrogen-bond acceptors (Lipinski definition) is 4. The van der Waals surface area contributed by atoms with Crippen molar-refractivity contribution in [3.8, 4) is 0 Å². The summed E-state index contributed by atoms with van der Waals surface area (Å²) >= 11 is 0. The SMILES string of the molecule is CC(N1CCN(C2CCN(Cc3ccccc3)CC2)C1)N1CCC[C@@H]1C. The van der Waals surface area contributed by atoms with Crippen molar-refractivity contribution in [2.45, 2.75) is 64.3 Å². The monoisotopic (exact) mass is 356 g/mol. The summed E-state index contributed by atoms with van der Waals surface area (Å²) in [6.45, 7) is 13.4. The molecule has 26 heavy (non-hydrogen) atoms. The molecule has 1 unspecified atom stereocenters. The van der Waals surface area contributed by atoms with E-state index in [0.717, 1.165) is 18.6 Å². The second-order valence-corrected chi connectivity index (χ2v) is 8.62. The molecule has 3 aliphatic heterocycles. The molecular formula is C22H36N4. The van der Waals surface area contributed by atoms with E-state index in [1.165, 1.54) is 70.6 Å². The standard InChI is InChI=1S/C22H36N4/c1-19-7-6-12-26(19)20(2)24-15-16-25(18-24)22-10-13-23(14-11-22)17-21-8-4-3-5-9-21/h3-5,8-9,19-20,22H,6-7,10-18H2,1-2H3/t19-,20?/m0/s1. The molecule has 0 radical (unpaired) electrons. The molecule has 0 bridgehead atoms. The minimum atomic E-state index is 0.607. The minimum absolute atomic E-state index is 0.607. The molecule has 1 aromatic rings. The van der Waals surface area contributed by atoms with Gasteiger partial charge in [0.05, 0.1) is 12.8 Å². The normalized spacial score (nSPS) is 28.8. The van der Waals surface area contributed by atoms with Gasteiger partial charge in [0.2, 0.25) is 0 Å². The second-order valence-electron chi connectivity index (χ2n) is 8.62. The van der Waals surface area contributed by atoms with Crippen LogP contribution in [-0.2, 0) is 6.54 Å². The Labute approximate surface area is 159 Å². The summed E-state index contributed by atoms with van der Waals surface area (Å²) < 4.78 is 0. The maximum absolute atomic E-state index is 2.76. The Hall–Kier alpha value is -0.940. The minimum Gasteiger partial charge on any atom is -0.299 e. The molecule has 2 atom stereocenters. The third-order valence-corrected chi connectivity index (χ3v) is 6.97. The summed E-state index contributed by atoms with van der Waals surface area (Å²) in [4.78, 5) is 10.8. The number of benzene rings is 1. The van der Waals surface area contributed by atoms with Gasteiger partial charge in [0.25, 0.3) is 0 Å². The zero-order chi connectivity index (χ0) is 17.9. The van der Waals surface area contributed by atoms with Crippen LogP contribution >= 0.6 is 0 Å². The Morgan fingerprint density at radius 2 is 1.73 bits per heavy atom. The summed E-state index contributed by atoms with van der Waals surface area (Å²) in [5.41, 5.74) is 1.45. The summed E-state index contributed by atoms with van der Waals surface area (Å²) in [6.07, 6.45) is 6.02. The van der Waals surface area contributed by atoms with E-state index >= 15 is 0 Å². The van der Waals surface area contributed by atoms with Gasteiger partial charge >= 0.3 is 0 Å². The molecular weight excluding hydrogens is 320 g/mol. The maximum atomic E-state index is 2.76. The van der Waals surface area contributed by atoms with Gasteiger partial charge in [-0.25, -0.2) is 0 Å². The smallest absolute Gasteiger partial charge is 0.0607 e. The fourth-order valence-electron chi connectivity index (χ4n) is 5.24. The Kier molecular flexibility index (Phi) is 5.94. The highest BCUT2D eigenvalue weighted by Gasteiger charge is 2.35. The van der Waals surface area contributed by atoms with Crippen LogP contribution in [0.1, 0.15) is 45.1 Å². The molecule has 4 nitrogen and oxygen atoms in total. The summed E-state index contributed by atoms with van der Waals surface area (Å²) in [5, 5.41) is 0. The number of nitrogens with zero attached hydrogens (tertiary/aromatic N) is 4. The van der Waals surface area contributed by atoms with Gasteiger partial charge in [-0.2, -0.15) is 0 Å². The Balaban J connectivity index is 1.24. The molecule has 3 fully saturated rings. The Morgan fingerprint density at radius 1 is 0.962 bits per heavy atom. The predicted molar refractivity (Wildman–Crippen MR) is 108 cm³/mol. The van der Waals surface area contributed by atoms with Crippen molar-refractivity contribution in [1.82, 2.24) is 19.6 Å². The highest BCUT2D eigenvalue weighted by Crippen LogP contribution is 2.26. The average molecular weight is 357 g/mol. The van der Waals surface area contributed by atoms with E-state index in [4.69, 9.17) is 0 Å². The molecule has 0 amide bonds. The van der Waals surface area contributed by atoms with Crippen LogP contribution in [0.25, 0.3) is 0 Å². The first kappa shape index (κ1) is 18.4. The van der Waals surface area contributed by atoms with Crippen LogP contribution in [0.2, 0.25) is 0 Å². The molecule has 0 saturated carbocycles. The van der Waals surface area contributed by atoms with Crippen LogP contribution in [0.4, 0.5) is 0 Å². The quantitative estimate of drug-likeness (QED) is 0.804. The van der Waals surface area contributed by atoms with Crippen molar-refractivity contribution < 1.29 is 0 Å². The first-order chi connectivity index (χ1) is 12.7. The number of piperidine rings is 1. The van der Waals surface area contributed by atoms with Gasteiger partial charge < -0.3 is 0 Å². The zero-order valence-corrected chi connectivity index (χ0v) is 16.7. The van der Waals surface area contributed by atoms with Gasteiger partial charge in [-0.05, 0) is 64.7 Å². The molecule has 1 aromatic carbocycles. The van der Waals surface area contributed by atoms with E-state index in [1.807, 2.05) is 0 Å². The molecule has 144 valence electrons. The van der Waals surface area contributed by atoms with Crippen molar-refractivity contribution in [2.75, 3.05) is 39.4 Å². The van der Waals surface area contributed by atoms with Gasteiger partial charge in [-0.1, -0.05) is 30.3 Å². The van der Waals surface area contributed by atoms with E-state index in [2.05, 4.69) is 63.8 Å². The van der Waals surface area contributed by atoms with Crippen molar-refractivity contribution in [2.24, 2.45) is 0 Å². The molecule has 0 aromatic heterocycles. The Morgan fingerprint density at radius 3 is 2.42 bits per heavy atom. The van der Waals surface area contributed by atoms with Crippen molar-refractivity contribution >= 4 is 0 Å². The van der Waals surface area contributed by atoms with Crippen LogP contribution in [0.3, 0.4) is 0 Å². The van der Waals surface area contributed by atoms with Crippen LogP contribution in [0, 0.1) is 0 Å². The van der Waals surface area contributed by atoms with E-state index in [-0.39, 0.29) is 0 Å². The molecule has 3 heterocycles. The average Bonchev–Trinajstić information content (AvgIpc) is 3.32. The third kappa shape index (κ3) is 4.14. The highest BCUT2D eigenvalue weighted by molar-refractivity contribution is 5.14. The van der Waals surface area contributed by atoms with Gasteiger partial charge in [-0.15, -0.1) is 0 Å².